The number of carbonyl (C=O) groups is 2. The first-order valence-corrected chi connectivity index (χ1v) is 7.86. The molecular formula is C19H22N4O2. The van der Waals surface area contributed by atoms with E-state index >= 15 is 0 Å². The highest BCUT2D eigenvalue weighted by molar-refractivity contribution is 6.39. The van der Waals surface area contributed by atoms with Crippen LogP contribution in [0.25, 0.3) is 0 Å². The van der Waals surface area contributed by atoms with E-state index in [1.54, 1.807) is 6.07 Å². The van der Waals surface area contributed by atoms with Crippen molar-refractivity contribution in [3.8, 4) is 0 Å². The highest BCUT2D eigenvalue weighted by Gasteiger charge is 2.13. The zero-order valence-electron chi connectivity index (χ0n) is 14.8. The van der Waals surface area contributed by atoms with Gasteiger partial charge in [-0.05, 0) is 54.8 Å². The number of nitrogens with one attached hydrogen (secondary N) is 2. The van der Waals surface area contributed by atoms with Crippen molar-refractivity contribution < 1.29 is 9.59 Å². The molecule has 0 aromatic heterocycles. The maximum absolute atomic E-state index is 11.9. The van der Waals surface area contributed by atoms with Crippen molar-refractivity contribution in [2.75, 3.05) is 24.3 Å². The van der Waals surface area contributed by atoms with Crippen molar-refractivity contribution >= 4 is 29.4 Å². The Labute approximate surface area is 147 Å². The molecule has 2 rings (SSSR count). The summed E-state index contributed by atoms with van der Waals surface area (Å²) in [7, 11) is 3.91. The van der Waals surface area contributed by atoms with E-state index in [4.69, 9.17) is 0 Å². The van der Waals surface area contributed by atoms with Crippen molar-refractivity contribution in [3.63, 3.8) is 0 Å². The van der Waals surface area contributed by atoms with Gasteiger partial charge in [0.1, 0.15) is 0 Å². The normalized spacial score (nSPS) is 10.6. The van der Waals surface area contributed by atoms with E-state index in [1.165, 1.54) is 6.21 Å². The average Bonchev–Trinajstić information content (AvgIpc) is 2.58. The van der Waals surface area contributed by atoms with Crippen LogP contribution in [0.3, 0.4) is 0 Å². The summed E-state index contributed by atoms with van der Waals surface area (Å²) in [6.45, 7) is 3.92. The predicted octanol–water partition coefficient (Wildman–Crippen LogP) is 2.46. The van der Waals surface area contributed by atoms with Crippen LogP contribution >= 0.6 is 0 Å². The molecule has 0 heterocycles. The van der Waals surface area contributed by atoms with Gasteiger partial charge in [0, 0.05) is 25.5 Å². The molecule has 0 spiro atoms. The minimum absolute atomic E-state index is 0.575. The Morgan fingerprint density at radius 1 is 0.960 bits per heavy atom. The standard InChI is InChI=1S/C19H22N4O2/c1-13-5-8-16(11-14(13)2)21-18(24)19(25)22-20-12-15-6-9-17(10-7-15)23(3)4/h5-12H,1-4H3,(H,21,24)(H,22,25)/b20-12-. The predicted molar refractivity (Wildman–Crippen MR) is 101 cm³/mol. The molecule has 6 nitrogen and oxygen atoms in total. The number of hydrazone groups is 1. The van der Waals surface area contributed by atoms with E-state index < -0.39 is 11.8 Å². The van der Waals surface area contributed by atoms with Gasteiger partial charge in [0.25, 0.3) is 0 Å². The first-order valence-electron chi connectivity index (χ1n) is 7.86. The van der Waals surface area contributed by atoms with Gasteiger partial charge in [-0.15, -0.1) is 0 Å². The Morgan fingerprint density at radius 2 is 1.64 bits per heavy atom. The second-order valence-electron chi connectivity index (χ2n) is 5.94. The zero-order valence-corrected chi connectivity index (χ0v) is 14.8. The number of amides is 2. The average molecular weight is 338 g/mol. The molecule has 2 aromatic carbocycles. The van der Waals surface area contributed by atoms with Crippen molar-refractivity contribution in [3.05, 3.63) is 59.2 Å². The summed E-state index contributed by atoms with van der Waals surface area (Å²) in [6.07, 6.45) is 1.49. The summed E-state index contributed by atoms with van der Waals surface area (Å²) in [5.41, 5.74) is 6.84. The minimum Gasteiger partial charge on any atom is -0.378 e. The molecule has 0 saturated carbocycles. The lowest BCUT2D eigenvalue weighted by Crippen LogP contribution is -2.32. The highest BCUT2D eigenvalue weighted by atomic mass is 16.2. The third-order valence-electron chi connectivity index (χ3n) is 3.76. The van der Waals surface area contributed by atoms with E-state index in [-0.39, 0.29) is 0 Å². The Hall–Kier alpha value is -3.15. The van der Waals surface area contributed by atoms with E-state index in [9.17, 15) is 9.59 Å². The molecule has 0 bridgehead atoms. The molecule has 0 aliphatic carbocycles. The Bertz CT molecular complexity index is 796. The molecule has 2 N–H and O–H groups in total. The van der Waals surface area contributed by atoms with Crippen LogP contribution < -0.4 is 15.6 Å². The van der Waals surface area contributed by atoms with Gasteiger partial charge >= 0.3 is 11.8 Å². The zero-order chi connectivity index (χ0) is 18.4. The number of hydrogen-bond acceptors (Lipinski definition) is 4. The van der Waals surface area contributed by atoms with Crippen LogP contribution in [0.5, 0.6) is 0 Å². The smallest absolute Gasteiger partial charge is 0.329 e. The largest absolute Gasteiger partial charge is 0.378 e. The third-order valence-corrected chi connectivity index (χ3v) is 3.76. The summed E-state index contributed by atoms with van der Waals surface area (Å²) < 4.78 is 0. The maximum atomic E-state index is 11.9. The second-order valence-corrected chi connectivity index (χ2v) is 5.94. The fourth-order valence-electron chi connectivity index (χ4n) is 2.08. The number of nitrogens with zero attached hydrogens (tertiary/aromatic N) is 2. The highest BCUT2D eigenvalue weighted by Crippen LogP contribution is 2.14. The minimum atomic E-state index is -0.820. The van der Waals surface area contributed by atoms with Crippen LogP contribution in [-0.4, -0.2) is 32.1 Å². The third kappa shape index (κ3) is 5.17. The van der Waals surface area contributed by atoms with E-state index in [2.05, 4.69) is 15.8 Å². The van der Waals surface area contributed by atoms with Gasteiger partial charge in [0.05, 0.1) is 6.21 Å². The van der Waals surface area contributed by atoms with Crippen LogP contribution in [-0.2, 0) is 9.59 Å². The number of carbonyl (C=O) groups excluding carboxylic acids is 2. The number of anilines is 2. The van der Waals surface area contributed by atoms with Crippen LogP contribution in [0.15, 0.2) is 47.6 Å². The van der Waals surface area contributed by atoms with E-state index in [1.807, 2.05) is 69.2 Å². The van der Waals surface area contributed by atoms with Crippen molar-refractivity contribution in [1.29, 1.82) is 0 Å². The molecule has 0 aliphatic heterocycles. The Morgan fingerprint density at radius 3 is 2.24 bits per heavy atom. The van der Waals surface area contributed by atoms with Gasteiger partial charge < -0.3 is 10.2 Å². The molecule has 2 aromatic rings. The molecule has 0 saturated heterocycles. The topological polar surface area (TPSA) is 73.8 Å². The monoisotopic (exact) mass is 338 g/mol. The lowest BCUT2D eigenvalue weighted by molar-refractivity contribution is -0.136. The molecule has 6 heteroatoms. The molecule has 2 amide bonds. The van der Waals surface area contributed by atoms with E-state index in [0.29, 0.717) is 5.69 Å². The van der Waals surface area contributed by atoms with Crippen molar-refractivity contribution in [1.82, 2.24) is 5.43 Å². The van der Waals surface area contributed by atoms with Crippen LogP contribution in [0.1, 0.15) is 16.7 Å². The molecule has 0 fully saturated rings. The van der Waals surface area contributed by atoms with Gasteiger partial charge in [-0.25, -0.2) is 5.43 Å². The Balaban J connectivity index is 1.90. The quantitative estimate of drug-likeness (QED) is 0.511. The lowest BCUT2D eigenvalue weighted by Gasteiger charge is -2.11. The maximum Gasteiger partial charge on any atom is 0.329 e. The summed E-state index contributed by atoms with van der Waals surface area (Å²) >= 11 is 0. The van der Waals surface area contributed by atoms with Gasteiger partial charge in [0.2, 0.25) is 0 Å². The molecule has 0 unspecified atom stereocenters. The van der Waals surface area contributed by atoms with Gasteiger partial charge in [-0.1, -0.05) is 18.2 Å². The van der Waals surface area contributed by atoms with Crippen molar-refractivity contribution in [2.24, 2.45) is 5.10 Å². The van der Waals surface area contributed by atoms with Gasteiger partial charge in [-0.3, -0.25) is 9.59 Å². The SMILES string of the molecule is Cc1ccc(NC(=O)C(=O)N/N=C\c2ccc(N(C)C)cc2)cc1C. The summed E-state index contributed by atoms with van der Waals surface area (Å²) in [6, 6.07) is 13.1. The van der Waals surface area contributed by atoms with Gasteiger partial charge in [-0.2, -0.15) is 5.10 Å². The second kappa shape index (κ2) is 8.10. The van der Waals surface area contributed by atoms with E-state index in [0.717, 1.165) is 22.4 Å². The number of benzene rings is 2. The fourth-order valence-corrected chi connectivity index (χ4v) is 2.08. The fraction of sp³-hybridized carbons (Fsp3) is 0.211. The molecule has 130 valence electrons. The first kappa shape index (κ1) is 18.2. The van der Waals surface area contributed by atoms with Crippen molar-refractivity contribution in [2.45, 2.75) is 13.8 Å². The molecular weight excluding hydrogens is 316 g/mol. The summed E-state index contributed by atoms with van der Waals surface area (Å²) in [5.74, 6) is -1.58. The summed E-state index contributed by atoms with van der Waals surface area (Å²) in [4.78, 5) is 25.6. The molecule has 0 radical (unpaired) electrons. The number of hydrogen-bond donors (Lipinski definition) is 2. The molecule has 0 aliphatic rings. The summed E-state index contributed by atoms with van der Waals surface area (Å²) in [5, 5.41) is 6.36. The lowest BCUT2D eigenvalue weighted by atomic mass is 10.1. The molecule has 0 atom stereocenters. The van der Waals surface area contributed by atoms with Crippen LogP contribution in [0.4, 0.5) is 11.4 Å². The molecule has 25 heavy (non-hydrogen) atoms. The number of rotatable bonds is 4. The number of aryl methyl sites for hydroxylation is 2. The van der Waals surface area contributed by atoms with Crippen LogP contribution in [0.2, 0.25) is 0 Å². The van der Waals surface area contributed by atoms with Gasteiger partial charge in [0.15, 0.2) is 0 Å². The first-order chi connectivity index (χ1) is 11.9. The Kier molecular flexibility index (Phi) is 5.89. The van der Waals surface area contributed by atoms with Crippen LogP contribution in [0, 0.1) is 13.8 Å².